The van der Waals surface area contributed by atoms with Gasteiger partial charge in [0.1, 0.15) is 0 Å². The first-order valence-electron chi connectivity index (χ1n) is 3.04. The molecule has 0 saturated heterocycles. The van der Waals surface area contributed by atoms with E-state index in [2.05, 4.69) is 0 Å². The SMILES string of the molecule is Nc1cc(S(=O)(=O)O)cc(Cl)c1Cl. The third kappa shape index (κ3) is 2.25. The van der Waals surface area contributed by atoms with Crippen molar-refractivity contribution in [3.63, 3.8) is 0 Å². The van der Waals surface area contributed by atoms with E-state index in [0.29, 0.717) is 0 Å². The predicted molar refractivity (Wildman–Crippen MR) is 50.7 cm³/mol. The molecule has 13 heavy (non-hydrogen) atoms. The molecule has 0 aromatic heterocycles. The third-order valence-electron chi connectivity index (χ3n) is 1.33. The number of benzene rings is 1. The van der Waals surface area contributed by atoms with Crippen LogP contribution in [0.4, 0.5) is 5.69 Å². The highest BCUT2D eigenvalue weighted by Gasteiger charge is 2.13. The highest BCUT2D eigenvalue weighted by atomic mass is 35.5. The van der Waals surface area contributed by atoms with Crippen molar-refractivity contribution in [3.8, 4) is 0 Å². The number of hydrogen-bond donors (Lipinski definition) is 2. The third-order valence-corrected chi connectivity index (χ3v) is 2.98. The van der Waals surface area contributed by atoms with Crippen molar-refractivity contribution in [2.75, 3.05) is 5.73 Å². The second-order valence-corrected chi connectivity index (χ2v) is 4.49. The summed E-state index contributed by atoms with van der Waals surface area (Å²) in [5, 5.41) is 0.0448. The number of anilines is 1. The van der Waals surface area contributed by atoms with Gasteiger partial charge in [-0.25, -0.2) is 0 Å². The fourth-order valence-corrected chi connectivity index (χ4v) is 1.68. The Morgan fingerprint density at radius 3 is 2.23 bits per heavy atom. The van der Waals surface area contributed by atoms with Crippen LogP contribution in [0.3, 0.4) is 0 Å². The molecule has 3 N–H and O–H groups in total. The molecule has 0 aliphatic rings. The molecule has 0 aliphatic carbocycles. The molecule has 72 valence electrons. The molecule has 0 saturated carbocycles. The lowest BCUT2D eigenvalue weighted by Gasteiger charge is -2.03. The average molecular weight is 242 g/mol. The van der Waals surface area contributed by atoms with Crippen molar-refractivity contribution in [2.24, 2.45) is 0 Å². The highest BCUT2D eigenvalue weighted by molar-refractivity contribution is 7.85. The van der Waals surface area contributed by atoms with Gasteiger partial charge in [0.2, 0.25) is 0 Å². The number of nitrogen functional groups attached to an aromatic ring is 1. The van der Waals surface area contributed by atoms with E-state index in [0.717, 1.165) is 12.1 Å². The first-order valence-corrected chi connectivity index (χ1v) is 5.24. The summed E-state index contributed by atoms with van der Waals surface area (Å²) in [6, 6.07) is 2.05. The minimum atomic E-state index is -4.29. The van der Waals surface area contributed by atoms with E-state index < -0.39 is 10.1 Å². The standard InChI is InChI=1S/C6H5Cl2NO3S/c7-4-1-3(13(10,11)12)2-5(9)6(4)8/h1-2H,9H2,(H,10,11,12). The Kier molecular flexibility index (Phi) is 2.72. The van der Waals surface area contributed by atoms with Gasteiger partial charge in [0.05, 0.1) is 20.6 Å². The van der Waals surface area contributed by atoms with Gasteiger partial charge in [-0.1, -0.05) is 23.2 Å². The molecular formula is C6H5Cl2NO3S. The topological polar surface area (TPSA) is 80.4 Å². The fourth-order valence-electron chi connectivity index (χ4n) is 0.733. The summed E-state index contributed by atoms with van der Waals surface area (Å²) in [5.74, 6) is 0. The van der Waals surface area contributed by atoms with Crippen molar-refractivity contribution < 1.29 is 13.0 Å². The molecule has 1 aromatic rings. The second-order valence-electron chi connectivity index (χ2n) is 2.28. The minimum absolute atomic E-state index is 0.00166. The quantitative estimate of drug-likeness (QED) is 0.581. The maximum Gasteiger partial charge on any atom is 0.294 e. The number of nitrogens with two attached hydrogens (primary N) is 1. The van der Waals surface area contributed by atoms with Gasteiger partial charge in [0, 0.05) is 0 Å². The van der Waals surface area contributed by atoms with Crippen LogP contribution >= 0.6 is 23.2 Å². The summed E-state index contributed by atoms with van der Waals surface area (Å²) in [7, 11) is -4.29. The highest BCUT2D eigenvalue weighted by Crippen LogP contribution is 2.30. The molecule has 0 bridgehead atoms. The Balaban J connectivity index is 3.47. The number of halogens is 2. The summed E-state index contributed by atoms with van der Waals surface area (Å²) < 4.78 is 29.9. The van der Waals surface area contributed by atoms with Crippen LogP contribution in [-0.2, 0) is 10.1 Å². The van der Waals surface area contributed by atoms with Crippen LogP contribution < -0.4 is 5.73 Å². The van der Waals surface area contributed by atoms with Gasteiger partial charge < -0.3 is 5.73 Å². The molecule has 0 aliphatic heterocycles. The maximum absolute atomic E-state index is 10.6. The molecule has 1 aromatic carbocycles. The lowest BCUT2D eigenvalue weighted by Crippen LogP contribution is -1.99. The van der Waals surface area contributed by atoms with Gasteiger partial charge in [-0.05, 0) is 12.1 Å². The number of rotatable bonds is 1. The van der Waals surface area contributed by atoms with Crippen LogP contribution in [0.5, 0.6) is 0 Å². The van der Waals surface area contributed by atoms with E-state index in [1.54, 1.807) is 0 Å². The Hall–Kier alpha value is -0.490. The smallest absolute Gasteiger partial charge is 0.294 e. The largest absolute Gasteiger partial charge is 0.397 e. The predicted octanol–water partition coefficient (Wildman–Crippen LogP) is 1.82. The van der Waals surface area contributed by atoms with Crippen molar-refractivity contribution in [1.29, 1.82) is 0 Å². The van der Waals surface area contributed by atoms with Crippen LogP contribution in [0.15, 0.2) is 17.0 Å². The van der Waals surface area contributed by atoms with E-state index in [1.165, 1.54) is 0 Å². The Morgan fingerprint density at radius 1 is 1.31 bits per heavy atom. The van der Waals surface area contributed by atoms with Crippen LogP contribution in [0.2, 0.25) is 10.0 Å². The first-order chi connectivity index (χ1) is 5.82. The van der Waals surface area contributed by atoms with Crippen LogP contribution in [0, 0.1) is 0 Å². The Labute approximate surface area is 85.0 Å². The van der Waals surface area contributed by atoms with E-state index in [1.807, 2.05) is 0 Å². The van der Waals surface area contributed by atoms with Gasteiger partial charge >= 0.3 is 0 Å². The van der Waals surface area contributed by atoms with Crippen LogP contribution in [-0.4, -0.2) is 13.0 Å². The number of hydrogen-bond acceptors (Lipinski definition) is 3. The zero-order chi connectivity index (χ0) is 10.2. The molecule has 0 radical (unpaired) electrons. The molecule has 0 amide bonds. The minimum Gasteiger partial charge on any atom is -0.397 e. The van der Waals surface area contributed by atoms with Crippen molar-refractivity contribution in [2.45, 2.75) is 4.90 Å². The van der Waals surface area contributed by atoms with E-state index in [4.69, 9.17) is 33.5 Å². The van der Waals surface area contributed by atoms with Crippen molar-refractivity contribution >= 4 is 39.0 Å². The van der Waals surface area contributed by atoms with Gasteiger partial charge in [0.15, 0.2) is 0 Å². The summed E-state index contributed by atoms with van der Waals surface area (Å²) >= 11 is 11.1. The molecule has 1 rings (SSSR count). The lowest BCUT2D eigenvalue weighted by molar-refractivity contribution is 0.483. The summed E-state index contributed by atoms with van der Waals surface area (Å²) in [5.41, 5.74) is 5.33. The molecule has 7 heteroatoms. The van der Waals surface area contributed by atoms with Gasteiger partial charge in [0.25, 0.3) is 10.1 Å². The van der Waals surface area contributed by atoms with E-state index in [-0.39, 0.29) is 20.6 Å². The molecule has 0 spiro atoms. The van der Waals surface area contributed by atoms with Gasteiger partial charge in [-0.2, -0.15) is 8.42 Å². The average Bonchev–Trinajstić information content (AvgIpc) is 1.97. The second kappa shape index (κ2) is 3.34. The molecule has 4 nitrogen and oxygen atoms in total. The molecular weight excluding hydrogens is 237 g/mol. The van der Waals surface area contributed by atoms with Gasteiger partial charge in [-0.3, -0.25) is 4.55 Å². The van der Waals surface area contributed by atoms with Crippen molar-refractivity contribution in [1.82, 2.24) is 0 Å². The van der Waals surface area contributed by atoms with Gasteiger partial charge in [-0.15, -0.1) is 0 Å². The normalized spacial score (nSPS) is 11.6. The fraction of sp³-hybridized carbons (Fsp3) is 0. The Morgan fingerprint density at radius 2 is 1.85 bits per heavy atom. The monoisotopic (exact) mass is 241 g/mol. The van der Waals surface area contributed by atoms with E-state index >= 15 is 0 Å². The molecule has 0 unspecified atom stereocenters. The molecule has 0 fully saturated rings. The zero-order valence-corrected chi connectivity index (χ0v) is 8.49. The summed E-state index contributed by atoms with van der Waals surface area (Å²) in [4.78, 5) is -0.376. The van der Waals surface area contributed by atoms with Crippen LogP contribution in [0.1, 0.15) is 0 Å². The first kappa shape index (κ1) is 10.6. The van der Waals surface area contributed by atoms with E-state index in [9.17, 15) is 8.42 Å². The summed E-state index contributed by atoms with van der Waals surface area (Å²) in [6.45, 7) is 0. The van der Waals surface area contributed by atoms with Crippen molar-refractivity contribution in [3.05, 3.63) is 22.2 Å². The zero-order valence-electron chi connectivity index (χ0n) is 6.16. The van der Waals surface area contributed by atoms with Crippen LogP contribution in [0.25, 0.3) is 0 Å². The Bertz CT molecular complexity index is 420. The molecule has 0 heterocycles. The molecule has 0 atom stereocenters. The lowest BCUT2D eigenvalue weighted by atomic mass is 10.3. The maximum atomic E-state index is 10.6. The summed E-state index contributed by atoms with van der Waals surface area (Å²) in [6.07, 6.45) is 0.